The van der Waals surface area contributed by atoms with Crippen LogP contribution in [0.1, 0.15) is 82.7 Å². The van der Waals surface area contributed by atoms with Crippen LogP contribution in [0.15, 0.2) is 42.7 Å². The third kappa shape index (κ3) is 6.71. The fraction of sp³-hybridized carbons (Fsp3) is 0.439. The maximum atomic E-state index is 13.4. The molecule has 3 aromatic rings. The van der Waals surface area contributed by atoms with Crippen LogP contribution in [0.25, 0.3) is 4.85 Å². The number of piperazine rings is 1. The molecule has 17 heteroatoms. The molecule has 0 radical (unpaired) electrons. The lowest BCUT2D eigenvalue weighted by Crippen LogP contribution is -2.74. The number of nitrogens with one attached hydrogen (secondary N) is 2. The van der Waals surface area contributed by atoms with Crippen molar-refractivity contribution in [3.05, 3.63) is 87.0 Å². The van der Waals surface area contributed by atoms with E-state index in [1.165, 1.54) is 12.4 Å². The van der Waals surface area contributed by atoms with Crippen molar-refractivity contribution in [3.63, 3.8) is 0 Å². The highest BCUT2D eigenvalue weighted by Gasteiger charge is 2.64. The van der Waals surface area contributed by atoms with Crippen molar-refractivity contribution in [2.75, 3.05) is 37.6 Å². The van der Waals surface area contributed by atoms with Crippen LogP contribution in [-0.4, -0.2) is 111 Å². The maximum Gasteiger partial charge on any atom is 0.262 e. The minimum absolute atomic E-state index is 0.0413. The lowest BCUT2D eigenvalue weighted by atomic mass is 9.49. The lowest BCUT2D eigenvalue weighted by Gasteiger charge is -2.63. The van der Waals surface area contributed by atoms with Gasteiger partial charge in [0.15, 0.2) is 0 Å². The maximum absolute atomic E-state index is 13.4. The first-order valence-corrected chi connectivity index (χ1v) is 19.5. The third-order valence-electron chi connectivity index (χ3n) is 12.1. The van der Waals surface area contributed by atoms with Gasteiger partial charge in [-0.2, -0.15) is 0 Å². The molecular weight excluding hydrogens is 766 g/mol. The first-order valence-electron chi connectivity index (χ1n) is 19.2. The van der Waals surface area contributed by atoms with Gasteiger partial charge in [-0.15, -0.1) is 0 Å². The summed E-state index contributed by atoms with van der Waals surface area (Å²) in [6.45, 7) is 18.3. The van der Waals surface area contributed by atoms with Crippen LogP contribution in [0.4, 0.5) is 11.6 Å². The summed E-state index contributed by atoms with van der Waals surface area (Å²) in [5, 5.41) is 5.70. The Kier molecular flexibility index (Phi) is 9.72. The summed E-state index contributed by atoms with van der Waals surface area (Å²) in [5.41, 5.74) is 1.99. The number of fused-ring (bicyclic) bond motifs is 2. The highest BCUT2D eigenvalue weighted by atomic mass is 35.5. The van der Waals surface area contributed by atoms with E-state index in [0.717, 1.165) is 16.0 Å². The van der Waals surface area contributed by atoms with Gasteiger partial charge in [-0.1, -0.05) is 45.4 Å². The van der Waals surface area contributed by atoms with Gasteiger partial charge < -0.3 is 19.9 Å². The number of carbonyl (C=O) groups excluding carboxylic acids is 6. The normalized spacial score (nSPS) is 23.4. The van der Waals surface area contributed by atoms with E-state index in [4.69, 9.17) is 22.9 Å². The van der Waals surface area contributed by atoms with E-state index in [1.54, 1.807) is 35.2 Å². The van der Waals surface area contributed by atoms with Crippen LogP contribution in [0.2, 0.25) is 5.02 Å². The van der Waals surface area contributed by atoms with Crippen molar-refractivity contribution in [2.45, 2.75) is 71.8 Å². The molecule has 1 aromatic heterocycles. The summed E-state index contributed by atoms with van der Waals surface area (Å²) in [7, 11) is 0. The van der Waals surface area contributed by atoms with Crippen LogP contribution >= 0.6 is 11.6 Å². The zero-order valence-corrected chi connectivity index (χ0v) is 33.3. The van der Waals surface area contributed by atoms with Gasteiger partial charge in [0, 0.05) is 75.0 Å². The summed E-state index contributed by atoms with van der Waals surface area (Å²) < 4.78 is 6.34. The van der Waals surface area contributed by atoms with Gasteiger partial charge in [0.05, 0.1) is 34.8 Å². The number of anilines is 1. The number of rotatable bonds is 8. The Labute approximate surface area is 339 Å². The number of piperidine rings is 1. The van der Waals surface area contributed by atoms with Gasteiger partial charge in [-0.25, -0.2) is 14.8 Å². The zero-order valence-electron chi connectivity index (χ0n) is 32.5. The van der Waals surface area contributed by atoms with E-state index in [-0.39, 0.29) is 54.5 Å². The molecule has 8 rings (SSSR count). The van der Waals surface area contributed by atoms with Crippen molar-refractivity contribution in [1.82, 2.24) is 35.3 Å². The Morgan fingerprint density at radius 1 is 0.948 bits per heavy atom. The molecule has 1 atom stereocenters. The number of hydrogen-bond acceptors (Lipinski definition) is 11. The Hall–Kier alpha value is -5.92. The fourth-order valence-corrected chi connectivity index (χ4v) is 9.61. The van der Waals surface area contributed by atoms with Gasteiger partial charge in [0.25, 0.3) is 17.7 Å². The van der Waals surface area contributed by atoms with E-state index in [0.29, 0.717) is 67.2 Å². The van der Waals surface area contributed by atoms with Crippen molar-refractivity contribution < 1.29 is 33.5 Å². The molecule has 5 aliphatic rings. The van der Waals surface area contributed by atoms with E-state index in [2.05, 4.69) is 25.4 Å². The molecule has 2 saturated heterocycles. The predicted molar refractivity (Wildman–Crippen MR) is 209 cm³/mol. The van der Waals surface area contributed by atoms with Crippen molar-refractivity contribution in [3.8, 4) is 5.75 Å². The van der Waals surface area contributed by atoms with Gasteiger partial charge >= 0.3 is 0 Å². The van der Waals surface area contributed by atoms with Crippen LogP contribution in [0.5, 0.6) is 5.75 Å². The molecule has 16 nitrogen and oxygen atoms in total. The van der Waals surface area contributed by atoms with Crippen LogP contribution < -0.4 is 20.3 Å². The lowest BCUT2D eigenvalue weighted by molar-refractivity contribution is -0.164. The first-order chi connectivity index (χ1) is 27.6. The molecule has 300 valence electrons. The van der Waals surface area contributed by atoms with Crippen molar-refractivity contribution in [1.29, 1.82) is 0 Å². The zero-order chi connectivity index (χ0) is 41.3. The SMILES string of the molecule is [C-]#[N+]c1ccc(OC2C(C)(C)C(NC(=O)c3cnc(N4CCN(C(=O)CN5Cc6cc7c(cc6C5)C(=O)N(C5CCC(=O)NC5=O)C7=O)CC4)nc3)C2(C)C)cc1Cl. The number of halogens is 1. The standard InChI is InChI=1S/C41H42ClN9O7/c1-40(2)37(41(3,4)38(40)58-25-6-7-29(43-5)28(42)16-25)47-33(54)24-17-44-39(45-18-24)50-12-10-49(11-13-50)32(53)21-48-19-22-14-26-27(15-23(22)20-48)36(57)51(35(26)56)30-8-9-31(52)46-34(30)55/h6-7,14-18,30,37-38H,8-13,19-21H2,1-4H3,(H,47,54)(H,46,52,55). The molecule has 0 bridgehead atoms. The number of carbonyl (C=O) groups is 6. The summed E-state index contributed by atoms with van der Waals surface area (Å²) >= 11 is 6.23. The first kappa shape index (κ1) is 38.9. The summed E-state index contributed by atoms with van der Waals surface area (Å²) in [6, 6.07) is 7.13. The molecule has 5 heterocycles. The molecule has 4 aliphatic heterocycles. The molecule has 0 spiro atoms. The Bertz CT molecular complexity index is 2260. The van der Waals surface area contributed by atoms with Crippen LogP contribution in [0, 0.1) is 17.4 Å². The Balaban J connectivity index is 0.816. The minimum Gasteiger partial charge on any atom is -0.489 e. The number of nitrogens with zero attached hydrogens (tertiary/aromatic N) is 7. The van der Waals surface area contributed by atoms with E-state index >= 15 is 0 Å². The number of aromatic nitrogens is 2. The molecule has 1 unspecified atom stereocenters. The Morgan fingerprint density at radius 3 is 2.14 bits per heavy atom. The average Bonchev–Trinajstić information content (AvgIpc) is 3.70. The van der Waals surface area contributed by atoms with Gasteiger partial charge in [-0.05, 0) is 41.8 Å². The smallest absolute Gasteiger partial charge is 0.262 e. The molecule has 1 aliphatic carbocycles. The molecule has 2 aromatic carbocycles. The summed E-state index contributed by atoms with van der Waals surface area (Å²) in [5.74, 6) is -1.49. The molecule has 58 heavy (non-hydrogen) atoms. The second-order valence-electron chi connectivity index (χ2n) is 16.7. The second-order valence-corrected chi connectivity index (χ2v) is 17.1. The minimum atomic E-state index is -1.02. The van der Waals surface area contributed by atoms with Crippen LogP contribution in [-0.2, 0) is 27.5 Å². The monoisotopic (exact) mass is 807 g/mol. The number of benzene rings is 2. The van der Waals surface area contributed by atoms with Gasteiger partial charge in [0.2, 0.25) is 29.4 Å². The van der Waals surface area contributed by atoms with Gasteiger partial charge in [0.1, 0.15) is 17.9 Å². The largest absolute Gasteiger partial charge is 0.489 e. The van der Waals surface area contributed by atoms with E-state index in [1.807, 2.05) is 37.5 Å². The predicted octanol–water partition coefficient (Wildman–Crippen LogP) is 3.36. The van der Waals surface area contributed by atoms with E-state index < -0.39 is 40.5 Å². The van der Waals surface area contributed by atoms with Crippen LogP contribution in [0.3, 0.4) is 0 Å². The summed E-state index contributed by atoms with van der Waals surface area (Å²) in [6.07, 6.45) is 2.93. The molecule has 1 saturated carbocycles. The molecule has 6 amide bonds. The highest BCUT2D eigenvalue weighted by Crippen LogP contribution is 2.55. The molecule has 3 fully saturated rings. The molecule has 2 N–H and O–H groups in total. The van der Waals surface area contributed by atoms with Crippen molar-refractivity contribution in [2.24, 2.45) is 10.8 Å². The quantitative estimate of drug-likeness (QED) is 0.252. The number of imide groups is 2. The highest BCUT2D eigenvalue weighted by molar-refractivity contribution is 6.33. The van der Waals surface area contributed by atoms with Crippen molar-refractivity contribution >= 4 is 58.7 Å². The molecular formula is C41H42ClN9O7. The number of hydrogen-bond donors (Lipinski definition) is 2. The number of ether oxygens (including phenoxy) is 1. The van der Waals surface area contributed by atoms with E-state index in [9.17, 15) is 28.8 Å². The topological polar surface area (TPSA) is 179 Å². The second kappa shape index (κ2) is 14.5. The fourth-order valence-electron chi connectivity index (χ4n) is 9.40. The summed E-state index contributed by atoms with van der Waals surface area (Å²) in [4.78, 5) is 96.4. The van der Waals surface area contributed by atoms with Gasteiger partial charge in [-0.3, -0.25) is 43.9 Å². The Morgan fingerprint density at radius 2 is 1.57 bits per heavy atom. The third-order valence-corrected chi connectivity index (χ3v) is 12.4. The average molecular weight is 808 g/mol. The number of amides is 6.